The molecule has 0 bridgehead atoms. The topological polar surface area (TPSA) is 18.5 Å². The highest BCUT2D eigenvalue weighted by Gasteiger charge is 2.40. The first-order valence-corrected chi connectivity index (χ1v) is 13.2. The summed E-state index contributed by atoms with van der Waals surface area (Å²) >= 11 is 0. The van der Waals surface area contributed by atoms with Crippen LogP contribution in [0.15, 0.2) is 23.8 Å². The molecule has 2 nitrogen and oxygen atoms in total. The minimum absolute atomic E-state index is 0.306. The lowest BCUT2D eigenvalue weighted by molar-refractivity contribution is 0.123. The maximum Gasteiger partial charge on any atom is 0.192 e. The van der Waals surface area contributed by atoms with Gasteiger partial charge in [-0.15, -0.1) is 0 Å². The maximum absolute atomic E-state index is 6.67. The Labute approximate surface area is 161 Å². The van der Waals surface area contributed by atoms with Crippen LogP contribution in [0.25, 0.3) is 6.08 Å². The minimum Gasteiger partial charge on any atom is -0.497 e. The Morgan fingerprint density at radius 1 is 1.00 bits per heavy atom. The number of methoxy groups -OCH3 is 1. The van der Waals surface area contributed by atoms with Crippen LogP contribution < -0.4 is 4.74 Å². The summed E-state index contributed by atoms with van der Waals surface area (Å²) in [5, 5.41) is 0.306. The molecule has 0 heterocycles. The fraction of sp³-hybridized carbons (Fsp3) is 0.652. The minimum atomic E-state index is -1.64. The summed E-state index contributed by atoms with van der Waals surface area (Å²) in [6, 6.07) is 6.51. The molecule has 3 heteroatoms. The van der Waals surface area contributed by atoms with E-state index in [0.29, 0.717) is 11.1 Å². The summed E-state index contributed by atoms with van der Waals surface area (Å²) < 4.78 is 12.0. The van der Waals surface area contributed by atoms with Crippen LogP contribution >= 0.6 is 0 Å². The smallest absolute Gasteiger partial charge is 0.192 e. The fourth-order valence-electron chi connectivity index (χ4n) is 4.08. The van der Waals surface area contributed by atoms with Crippen LogP contribution in [0.1, 0.15) is 64.0 Å². The molecule has 0 unspecified atom stereocenters. The first-order valence-electron chi connectivity index (χ1n) is 10.2. The third-order valence-electron chi connectivity index (χ3n) is 6.84. The third kappa shape index (κ3) is 4.25. The molecule has 3 rings (SSSR count). The number of hydrogen-bond acceptors (Lipinski definition) is 2. The van der Waals surface area contributed by atoms with Crippen molar-refractivity contribution in [3.63, 3.8) is 0 Å². The van der Waals surface area contributed by atoms with E-state index < -0.39 is 8.32 Å². The van der Waals surface area contributed by atoms with Gasteiger partial charge in [-0.25, -0.2) is 0 Å². The Bertz CT molecular complexity index is 661. The second-order valence-corrected chi connectivity index (χ2v) is 14.4. The standard InChI is InChI=1S/C23H36O2Si/c1-23(2,3)26(5,6)25-21-12-9-17(10-13-21)18-7-8-20-16-22(24-4)14-11-19(20)15-18/h11,14-17,21H,7-10,12-13H2,1-6H3. The van der Waals surface area contributed by atoms with Crippen molar-refractivity contribution in [2.45, 2.75) is 83.5 Å². The lowest BCUT2D eigenvalue weighted by Crippen LogP contribution is -2.44. The third-order valence-corrected chi connectivity index (χ3v) is 11.4. The van der Waals surface area contributed by atoms with E-state index >= 15 is 0 Å². The number of ether oxygens (including phenoxy) is 1. The van der Waals surface area contributed by atoms with E-state index in [1.54, 1.807) is 12.7 Å². The molecule has 144 valence electrons. The van der Waals surface area contributed by atoms with Gasteiger partial charge in [0, 0.05) is 6.10 Å². The van der Waals surface area contributed by atoms with Crippen molar-refractivity contribution in [3.05, 3.63) is 34.9 Å². The second kappa shape index (κ2) is 7.51. The van der Waals surface area contributed by atoms with Crippen molar-refractivity contribution < 1.29 is 9.16 Å². The zero-order valence-electron chi connectivity index (χ0n) is 17.5. The molecule has 1 aromatic rings. The zero-order chi connectivity index (χ0) is 18.9. The predicted octanol–water partition coefficient (Wildman–Crippen LogP) is 6.61. The number of hydrogen-bond donors (Lipinski definition) is 0. The summed E-state index contributed by atoms with van der Waals surface area (Å²) in [5.74, 6) is 1.73. The molecule has 0 aliphatic heterocycles. The number of allylic oxidation sites excluding steroid dienone is 1. The number of benzene rings is 1. The maximum atomic E-state index is 6.67. The molecule has 1 fully saturated rings. The predicted molar refractivity (Wildman–Crippen MR) is 113 cm³/mol. The Morgan fingerprint density at radius 3 is 2.31 bits per heavy atom. The van der Waals surface area contributed by atoms with Crippen LogP contribution in [-0.2, 0) is 10.8 Å². The second-order valence-electron chi connectivity index (χ2n) is 9.64. The van der Waals surface area contributed by atoms with Gasteiger partial charge in [0.25, 0.3) is 0 Å². The van der Waals surface area contributed by atoms with E-state index in [0.717, 1.165) is 18.1 Å². The Morgan fingerprint density at radius 2 is 1.69 bits per heavy atom. The Kier molecular flexibility index (Phi) is 5.69. The van der Waals surface area contributed by atoms with Crippen LogP contribution in [0.5, 0.6) is 5.75 Å². The molecule has 2 aliphatic rings. The molecular formula is C23H36O2Si. The van der Waals surface area contributed by atoms with Gasteiger partial charge in [0.05, 0.1) is 7.11 Å². The zero-order valence-corrected chi connectivity index (χ0v) is 18.5. The van der Waals surface area contributed by atoms with E-state index in [1.165, 1.54) is 43.2 Å². The van der Waals surface area contributed by atoms with Gasteiger partial charge in [0.1, 0.15) is 5.75 Å². The molecule has 0 N–H and O–H groups in total. The van der Waals surface area contributed by atoms with Crippen molar-refractivity contribution >= 4 is 14.4 Å². The van der Waals surface area contributed by atoms with E-state index in [9.17, 15) is 0 Å². The molecule has 0 atom stereocenters. The lowest BCUT2D eigenvalue weighted by Gasteiger charge is -2.41. The van der Waals surface area contributed by atoms with E-state index in [2.05, 4.69) is 58.1 Å². The fourth-order valence-corrected chi connectivity index (χ4v) is 5.51. The number of aryl methyl sites for hydroxylation is 1. The monoisotopic (exact) mass is 372 g/mol. The SMILES string of the molecule is COc1ccc2c(c1)CCC(C1CCC(O[Si](C)(C)C(C)(C)C)CC1)=C2. The van der Waals surface area contributed by atoms with Crippen LogP contribution in [0.2, 0.25) is 18.1 Å². The van der Waals surface area contributed by atoms with Crippen LogP contribution in [0, 0.1) is 5.92 Å². The van der Waals surface area contributed by atoms with Crippen LogP contribution in [-0.4, -0.2) is 21.5 Å². The van der Waals surface area contributed by atoms with Gasteiger partial charge < -0.3 is 9.16 Å². The lowest BCUT2D eigenvalue weighted by atomic mass is 9.77. The largest absolute Gasteiger partial charge is 0.497 e. The molecule has 1 aromatic carbocycles. The normalized spacial score (nSPS) is 24.0. The molecular weight excluding hydrogens is 336 g/mol. The van der Waals surface area contributed by atoms with Gasteiger partial charge >= 0.3 is 0 Å². The summed E-state index contributed by atoms with van der Waals surface area (Å²) in [4.78, 5) is 0. The molecule has 0 radical (unpaired) electrons. The summed E-state index contributed by atoms with van der Waals surface area (Å²) in [7, 11) is 0.109. The van der Waals surface area contributed by atoms with Crippen LogP contribution in [0.4, 0.5) is 0 Å². The van der Waals surface area contributed by atoms with Gasteiger partial charge in [0.15, 0.2) is 8.32 Å². The summed E-state index contributed by atoms with van der Waals surface area (Å²) in [6.45, 7) is 11.8. The molecule has 2 aliphatic carbocycles. The molecule has 0 amide bonds. The Balaban J connectivity index is 1.61. The van der Waals surface area contributed by atoms with Crippen LogP contribution in [0.3, 0.4) is 0 Å². The molecule has 0 spiro atoms. The van der Waals surface area contributed by atoms with Gasteiger partial charge in [-0.05, 0) is 85.8 Å². The molecule has 0 aromatic heterocycles. The van der Waals surface area contributed by atoms with Gasteiger partial charge in [-0.1, -0.05) is 38.5 Å². The average Bonchev–Trinajstić information content (AvgIpc) is 2.60. The number of fused-ring (bicyclic) bond motifs is 1. The summed E-state index contributed by atoms with van der Waals surface area (Å²) in [6.07, 6.45) is 10.3. The van der Waals surface area contributed by atoms with E-state index in [1.807, 2.05) is 0 Å². The Hall–Kier alpha value is -1.06. The van der Waals surface area contributed by atoms with E-state index in [4.69, 9.17) is 9.16 Å². The highest BCUT2D eigenvalue weighted by atomic mass is 28.4. The van der Waals surface area contributed by atoms with Crippen molar-refractivity contribution in [1.82, 2.24) is 0 Å². The van der Waals surface area contributed by atoms with Gasteiger partial charge in [0.2, 0.25) is 0 Å². The van der Waals surface area contributed by atoms with Gasteiger partial charge in [-0.2, -0.15) is 0 Å². The molecule has 1 saturated carbocycles. The molecule has 0 saturated heterocycles. The average molecular weight is 373 g/mol. The van der Waals surface area contributed by atoms with Crippen molar-refractivity contribution in [2.75, 3.05) is 7.11 Å². The summed E-state index contributed by atoms with van der Waals surface area (Å²) in [5.41, 5.74) is 4.49. The van der Waals surface area contributed by atoms with Crippen molar-refractivity contribution in [1.29, 1.82) is 0 Å². The van der Waals surface area contributed by atoms with Crippen molar-refractivity contribution in [3.8, 4) is 5.75 Å². The van der Waals surface area contributed by atoms with E-state index in [-0.39, 0.29) is 0 Å². The highest BCUT2D eigenvalue weighted by molar-refractivity contribution is 6.74. The number of rotatable bonds is 4. The first kappa shape index (κ1) is 19.7. The van der Waals surface area contributed by atoms with Crippen molar-refractivity contribution in [2.24, 2.45) is 5.92 Å². The van der Waals surface area contributed by atoms with Gasteiger partial charge in [-0.3, -0.25) is 0 Å². The molecule has 26 heavy (non-hydrogen) atoms. The quantitative estimate of drug-likeness (QED) is 0.554. The highest BCUT2D eigenvalue weighted by Crippen LogP contribution is 2.42. The first-order chi connectivity index (χ1) is 12.2.